The molecule has 0 aromatic carbocycles. The Balaban J connectivity index is 2.69. The molecule has 0 radical (unpaired) electrons. The van der Waals surface area contributed by atoms with Crippen LogP contribution in [-0.2, 0) is 0 Å². The summed E-state index contributed by atoms with van der Waals surface area (Å²) in [7, 11) is 0. The third-order valence-electron chi connectivity index (χ3n) is 2.44. The molecule has 0 fully saturated rings. The van der Waals surface area contributed by atoms with Gasteiger partial charge >= 0.3 is 0 Å². The topological polar surface area (TPSA) is 25.8 Å². The summed E-state index contributed by atoms with van der Waals surface area (Å²) in [6.45, 7) is 8.51. The molecule has 2 rings (SSSR count). The molecule has 0 unspecified atom stereocenters. The van der Waals surface area contributed by atoms with Crippen molar-refractivity contribution in [1.29, 1.82) is 0 Å². The molecular formula is C11H14N2S. The summed E-state index contributed by atoms with van der Waals surface area (Å²) in [6, 6.07) is 0. The predicted octanol–water partition coefficient (Wildman–Crippen LogP) is 3.43. The SMILES string of the molecule is Cc1sc2cnc(C(C)C)nc2c1C. The van der Waals surface area contributed by atoms with Crippen molar-refractivity contribution in [3.8, 4) is 0 Å². The number of aromatic nitrogens is 2. The normalized spacial score (nSPS) is 11.5. The molecule has 0 aliphatic rings. The molecule has 0 spiro atoms. The van der Waals surface area contributed by atoms with Crippen molar-refractivity contribution in [2.24, 2.45) is 0 Å². The van der Waals surface area contributed by atoms with E-state index in [0.29, 0.717) is 5.92 Å². The fourth-order valence-corrected chi connectivity index (χ4v) is 2.39. The third-order valence-corrected chi connectivity index (χ3v) is 3.57. The molecule has 2 heterocycles. The van der Waals surface area contributed by atoms with Gasteiger partial charge in [-0.05, 0) is 19.4 Å². The van der Waals surface area contributed by atoms with Gasteiger partial charge in [0.05, 0.1) is 10.2 Å². The predicted molar refractivity (Wildman–Crippen MR) is 61.0 cm³/mol. The summed E-state index contributed by atoms with van der Waals surface area (Å²) in [5, 5.41) is 0. The van der Waals surface area contributed by atoms with E-state index in [4.69, 9.17) is 0 Å². The largest absolute Gasteiger partial charge is 0.240 e. The molecule has 0 atom stereocenters. The van der Waals surface area contributed by atoms with E-state index in [2.05, 4.69) is 37.7 Å². The highest BCUT2D eigenvalue weighted by molar-refractivity contribution is 7.19. The fourth-order valence-electron chi connectivity index (χ4n) is 1.41. The zero-order chi connectivity index (χ0) is 10.3. The summed E-state index contributed by atoms with van der Waals surface area (Å²) in [5.74, 6) is 1.34. The Morgan fingerprint density at radius 1 is 1.29 bits per heavy atom. The van der Waals surface area contributed by atoms with E-state index < -0.39 is 0 Å². The molecule has 0 bridgehead atoms. The van der Waals surface area contributed by atoms with Crippen molar-refractivity contribution in [3.05, 3.63) is 22.5 Å². The quantitative estimate of drug-likeness (QED) is 0.714. The van der Waals surface area contributed by atoms with Crippen LogP contribution in [0.4, 0.5) is 0 Å². The minimum atomic E-state index is 0.402. The molecule has 0 aliphatic heterocycles. The van der Waals surface area contributed by atoms with E-state index in [-0.39, 0.29) is 0 Å². The van der Waals surface area contributed by atoms with Gasteiger partial charge in [0.1, 0.15) is 5.82 Å². The van der Waals surface area contributed by atoms with Gasteiger partial charge in [0.15, 0.2) is 0 Å². The van der Waals surface area contributed by atoms with Crippen LogP contribution in [0.1, 0.15) is 36.0 Å². The van der Waals surface area contributed by atoms with Crippen LogP contribution in [0.3, 0.4) is 0 Å². The first-order valence-corrected chi connectivity index (χ1v) is 5.64. The van der Waals surface area contributed by atoms with Gasteiger partial charge in [-0.3, -0.25) is 0 Å². The zero-order valence-corrected chi connectivity index (χ0v) is 9.77. The molecule has 0 amide bonds. The first kappa shape index (κ1) is 9.59. The van der Waals surface area contributed by atoms with E-state index in [9.17, 15) is 0 Å². The molecule has 74 valence electrons. The van der Waals surface area contributed by atoms with Gasteiger partial charge < -0.3 is 0 Å². The number of nitrogens with zero attached hydrogens (tertiary/aromatic N) is 2. The number of hydrogen-bond acceptors (Lipinski definition) is 3. The second-order valence-electron chi connectivity index (χ2n) is 3.88. The maximum Gasteiger partial charge on any atom is 0.131 e. The summed E-state index contributed by atoms with van der Waals surface area (Å²) in [4.78, 5) is 10.3. The van der Waals surface area contributed by atoms with E-state index >= 15 is 0 Å². The van der Waals surface area contributed by atoms with Crippen LogP contribution in [0.25, 0.3) is 10.2 Å². The lowest BCUT2D eigenvalue weighted by Gasteiger charge is -2.02. The Morgan fingerprint density at radius 2 is 2.00 bits per heavy atom. The maximum absolute atomic E-state index is 4.59. The van der Waals surface area contributed by atoms with Crippen LogP contribution >= 0.6 is 11.3 Å². The average Bonchev–Trinajstić information content (AvgIpc) is 2.43. The summed E-state index contributed by atoms with van der Waals surface area (Å²) in [5.41, 5.74) is 2.43. The highest BCUT2D eigenvalue weighted by Crippen LogP contribution is 2.28. The maximum atomic E-state index is 4.59. The lowest BCUT2D eigenvalue weighted by molar-refractivity contribution is 0.783. The van der Waals surface area contributed by atoms with Crippen LogP contribution in [0.5, 0.6) is 0 Å². The molecule has 14 heavy (non-hydrogen) atoms. The molecule has 0 saturated carbocycles. The summed E-state index contributed by atoms with van der Waals surface area (Å²) < 4.78 is 1.20. The minimum Gasteiger partial charge on any atom is -0.240 e. The van der Waals surface area contributed by atoms with Gasteiger partial charge in [-0.25, -0.2) is 9.97 Å². The Morgan fingerprint density at radius 3 is 2.64 bits per heavy atom. The Kier molecular flexibility index (Phi) is 2.27. The van der Waals surface area contributed by atoms with Gasteiger partial charge in [0.2, 0.25) is 0 Å². The van der Waals surface area contributed by atoms with E-state index in [1.54, 1.807) is 11.3 Å². The second kappa shape index (κ2) is 3.31. The molecule has 2 nitrogen and oxygen atoms in total. The number of fused-ring (bicyclic) bond motifs is 1. The van der Waals surface area contributed by atoms with Gasteiger partial charge in [0, 0.05) is 17.0 Å². The average molecular weight is 206 g/mol. The summed E-state index contributed by atoms with van der Waals surface area (Å²) >= 11 is 1.77. The Labute approximate surface area is 88.0 Å². The van der Waals surface area contributed by atoms with Gasteiger partial charge in [-0.1, -0.05) is 13.8 Å². The third kappa shape index (κ3) is 1.42. The first-order chi connectivity index (χ1) is 6.59. The number of thiophene rings is 1. The standard InChI is InChI=1S/C11H14N2S/c1-6(2)11-12-5-9-10(13-11)7(3)8(4)14-9/h5-6H,1-4H3. The van der Waals surface area contributed by atoms with Crippen molar-refractivity contribution in [2.75, 3.05) is 0 Å². The molecule has 2 aromatic heterocycles. The highest BCUT2D eigenvalue weighted by Gasteiger charge is 2.09. The van der Waals surface area contributed by atoms with Crippen LogP contribution in [-0.4, -0.2) is 9.97 Å². The van der Waals surface area contributed by atoms with Gasteiger partial charge in [-0.15, -0.1) is 11.3 Å². The highest BCUT2D eigenvalue weighted by atomic mass is 32.1. The van der Waals surface area contributed by atoms with Crippen molar-refractivity contribution in [1.82, 2.24) is 9.97 Å². The molecule has 2 aromatic rings. The fraction of sp³-hybridized carbons (Fsp3) is 0.455. The minimum absolute atomic E-state index is 0.402. The molecular weight excluding hydrogens is 192 g/mol. The number of hydrogen-bond donors (Lipinski definition) is 0. The van der Waals surface area contributed by atoms with E-state index in [1.165, 1.54) is 15.1 Å². The Hall–Kier alpha value is -0.960. The van der Waals surface area contributed by atoms with Gasteiger partial charge in [-0.2, -0.15) is 0 Å². The van der Waals surface area contributed by atoms with Crippen molar-refractivity contribution >= 4 is 21.6 Å². The van der Waals surface area contributed by atoms with E-state index in [0.717, 1.165) is 11.3 Å². The van der Waals surface area contributed by atoms with Gasteiger partial charge in [0.25, 0.3) is 0 Å². The van der Waals surface area contributed by atoms with Crippen LogP contribution in [0.2, 0.25) is 0 Å². The first-order valence-electron chi connectivity index (χ1n) is 4.82. The smallest absolute Gasteiger partial charge is 0.131 e. The van der Waals surface area contributed by atoms with Crippen molar-refractivity contribution in [3.63, 3.8) is 0 Å². The van der Waals surface area contributed by atoms with Crippen LogP contribution < -0.4 is 0 Å². The number of aryl methyl sites for hydroxylation is 2. The molecule has 0 saturated heterocycles. The number of rotatable bonds is 1. The monoisotopic (exact) mass is 206 g/mol. The molecule has 0 N–H and O–H groups in total. The van der Waals surface area contributed by atoms with Crippen LogP contribution in [0, 0.1) is 13.8 Å². The van der Waals surface area contributed by atoms with Crippen molar-refractivity contribution < 1.29 is 0 Å². The lowest BCUT2D eigenvalue weighted by atomic mass is 10.2. The van der Waals surface area contributed by atoms with Crippen molar-refractivity contribution in [2.45, 2.75) is 33.6 Å². The zero-order valence-electron chi connectivity index (χ0n) is 8.96. The van der Waals surface area contributed by atoms with Crippen LogP contribution in [0.15, 0.2) is 6.20 Å². The van der Waals surface area contributed by atoms with E-state index in [1.807, 2.05) is 6.20 Å². The second-order valence-corrected chi connectivity index (χ2v) is 5.14. The lowest BCUT2D eigenvalue weighted by Crippen LogP contribution is -1.96. The Bertz CT molecular complexity index is 471. The molecule has 0 aliphatic carbocycles. The summed E-state index contributed by atoms with van der Waals surface area (Å²) in [6.07, 6.45) is 1.95. The molecule has 3 heteroatoms.